The van der Waals surface area contributed by atoms with E-state index >= 15 is 0 Å². The molecule has 2 atom stereocenters. The van der Waals surface area contributed by atoms with E-state index in [1.807, 2.05) is 6.42 Å². The average molecular weight is 325 g/mol. The second-order valence-electron chi connectivity index (χ2n) is 6.21. The summed E-state index contributed by atoms with van der Waals surface area (Å²) in [7, 11) is 1.54. The molecule has 0 saturated carbocycles. The summed E-state index contributed by atoms with van der Waals surface area (Å²) < 4.78 is 32.3. The minimum absolute atomic E-state index is 0.134. The van der Waals surface area contributed by atoms with E-state index in [1.54, 1.807) is 27.0 Å². The zero-order chi connectivity index (χ0) is 17.0. The van der Waals surface area contributed by atoms with Crippen molar-refractivity contribution < 1.29 is 18.6 Å². The highest BCUT2D eigenvalue weighted by molar-refractivity contribution is 5.91. The number of amidine groups is 1. The summed E-state index contributed by atoms with van der Waals surface area (Å²) in [6, 6.07) is 4.23. The van der Waals surface area contributed by atoms with E-state index in [0.717, 1.165) is 6.07 Å². The van der Waals surface area contributed by atoms with E-state index in [2.05, 4.69) is 10.3 Å². The van der Waals surface area contributed by atoms with E-state index in [0.29, 0.717) is 24.4 Å². The Kier molecular flexibility index (Phi) is 5.70. The summed E-state index contributed by atoms with van der Waals surface area (Å²) >= 11 is 0. The number of nitrogens with zero attached hydrogens (tertiary/aromatic N) is 1. The Morgan fingerprint density at radius 3 is 2.78 bits per heavy atom. The van der Waals surface area contributed by atoms with Gasteiger partial charge in [0.15, 0.2) is 11.6 Å². The van der Waals surface area contributed by atoms with Gasteiger partial charge < -0.3 is 15.2 Å². The molecule has 0 spiro atoms. The molecule has 1 fully saturated rings. The van der Waals surface area contributed by atoms with Crippen LogP contribution in [0, 0.1) is 18.1 Å². The van der Waals surface area contributed by atoms with Crippen LogP contribution in [0.2, 0.25) is 0 Å². The molecule has 4 nitrogen and oxygen atoms in total. The number of aliphatic hydroxyl groups is 1. The molecule has 1 radical (unpaired) electrons. The number of benzene rings is 1. The molecule has 0 aromatic heterocycles. The van der Waals surface area contributed by atoms with E-state index in [-0.39, 0.29) is 12.5 Å². The van der Waals surface area contributed by atoms with Gasteiger partial charge >= 0.3 is 0 Å². The van der Waals surface area contributed by atoms with Crippen molar-refractivity contribution in [1.29, 1.82) is 0 Å². The van der Waals surface area contributed by atoms with Crippen LogP contribution >= 0.6 is 0 Å². The molecule has 6 heteroatoms. The third-order valence-corrected chi connectivity index (χ3v) is 4.31. The van der Waals surface area contributed by atoms with E-state index in [9.17, 15) is 13.9 Å². The molecular weight excluding hydrogens is 302 g/mol. The van der Waals surface area contributed by atoms with Gasteiger partial charge in [-0.1, -0.05) is 12.1 Å². The van der Waals surface area contributed by atoms with Crippen molar-refractivity contribution in [3.63, 3.8) is 0 Å². The summed E-state index contributed by atoms with van der Waals surface area (Å²) in [6.07, 6.45) is 1.68. The molecule has 0 aliphatic carbocycles. The van der Waals surface area contributed by atoms with Gasteiger partial charge in [-0.3, -0.25) is 4.99 Å². The van der Waals surface area contributed by atoms with E-state index < -0.39 is 23.3 Å². The van der Waals surface area contributed by atoms with Crippen molar-refractivity contribution in [2.24, 2.45) is 4.99 Å². The molecule has 1 unspecified atom stereocenters. The molecule has 1 aliphatic rings. The fraction of sp³-hybridized carbons (Fsp3) is 0.529. The molecule has 1 heterocycles. The lowest BCUT2D eigenvalue weighted by molar-refractivity contribution is -0.0724. The summed E-state index contributed by atoms with van der Waals surface area (Å²) in [4.78, 5) is 4.32. The summed E-state index contributed by atoms with van der Waals surface area (Å²) in [5.74, 6) is -1.09. The number of aliphatic hydroxyl groups excluding tert-OH is 1. The van der Waals surface area contributed by atoms with Crippen LogP contribution in [0.15, 0.2) is 23.2 Å². The van der Waals surface area contributed by atoms with Crippen molar-refractivity contribution >= 4 is 5.84 Å². The number of ether oxygens (including phenoxy) is 1. The molecule has 1 aromatic carbocycles. The maximum absolute atomic E-state index is 13.8. The smallest absolute Gasteiger partial charge is 0.162 e. The summed E-state index contributed by atoms with van der Waals surface area (Å²) in [5.41, 5.74) is -0.306. The molecule has 23 heavy (non-hydrogen) atoms. The second kappa shape index (κ2) is 7.36. The molecule has 1 saturated heterocycles. The Morgan fingerprint density at radius 2 is 2.17 bits per heavy atom. The number of rotatable bonds is 5. The monoisotopic (exact) mass is 325 g/mol. The topological polar surface area (TPSA) is 53.9 Å². The van der Waals surface area contributed by atoms with Crippen LogP contribution in [-0.2, 0) is 4.74 Å². The van der Waals surface area contributed by atoms with E-state index in [4.69, 9.17) is 4.74 Å². The predicted molar refractivity (Wildman–Crippen MR) is 85.4 cm³/mol. The Morgan fingerprint density at radius 1 is 1.43 bits per heavy atom. The predicted octanol–water partition coefficient (Wildman–Crippen LogP) is 2.43. The minimum Gasteiger partial charge on any atom is -0.388 e. The summed E-state index contributed by atoms with van der Waals surface area (Å²) in [5, 5.41) is 13.1. The van der Waals surface area contributed by atoms with Crippen LogP contribution in [0.25, 0.3) is 0 Å². The van der Waals surface area contributed by atoms with Gasteiger partial charge in [-0.25, -0.2) is 8.78 Å². The number of halogens is 2. The van der Waals surface area contributed by atoms with Gasteiger partial charge in [-0.05, 0) is 31.9 Å². The van der Waals surface area contributed by atoms with Crippen molar-refractivity contribution in [2.45, 2.75) is 37.9 Å². The average Bonchev–Trinajstić information content (AvgIpc) is 2.55. The minimum atomic E-state index is -0.827. The zero-order valence-corrected chi connectivity index (χ0v) is 13.6. The lowest BCUT2D eigenvalue weighted by atomic mass is 9.90. The van der Waals surface area contributed by atoms with Crippen molar-refractivity contribution in [2.75, 3.05) is 20.2 Å². The van der Waals surface area contributed by atoms with Crippen molar-refractivity contribution in [1.82, 2.24) is 5.32 Å². The lowest BCUT2D eigenvalue weighted by Crippen LogP contribution is -2.41. The molecule has 127 valence electrons. The van der Waals surface area contributed by atoms with Crippen LogP contribution in [0.4, 0.5) is 8.78 Å². The first-order chi connectivity index (χ1) is 10.8. The largest absolute Gasteiger partial charge is 0.388 e. The van der Waals surface area contributed by atoms with Gasteiger partial charge in [0.05, 0.1) is 12.1 Å². The number of methoxy groups -OCH3 is 1. The van der Waals surface area contributed by atoms with Crippen LogP contribution in [0.5, 0.6) is 0 Å². The van der Waals surface area contributed by atoms with Gasteiger partial charge in [-0.15, -0.1) is 0 Å². The Bertz CT molecular complexity index is 566. The molecular formula is C17H23F2N2O2. The fourth-order valence-electron chi connectivity index (χ4n) is 2.37. The van der Waals surface area contributed by atoms with Crippen LogP contribution in [-0.4, -0.2) is 42.8 Å². The zero-order valence-electron chi connectivity index (χ0n) is 13.6. The van der Waals surface area contributed by atoms with Gasteiger partial charge in [0, 0.05) is 26.0 Å². The van der Waals surface area contributed by atoms with Gasteiger partial charge in [0.1, 0.15) is 11.9 Å². The van der Waals surface area contributed by atoms with E-state index in [1.165, 1.54) is 6.07 Å². The second-order valence-corrected chi connectivity index (χ2v) is 6.21. The molecule has 2 rings (SSSR count). The van der Waals surface area contributed by atoms with Crippen LogP contribution in [0.1, 0.15) is 31.7 Å². The van der Waals surface area contributed by atoms with Gasteiger partial charge in [0.25, 0.3) is 0 Å². The number of piperidine rings is 1. The van der Waals surface area contributed by atoms with Crippen LogP contribution < -0.4 is 5.32 Å². The Hall–Kier alpha value is -1.53. The molecule has 0 bridgehead atoms. The Balaban J connectivity index is 1.93. The quantitative estimate of drug-likeness (QED) is 0.874. The first kappa shape index (κ1) is 17.8. The number of hydrogen-bond acceptors (Lipinski definition) is 3. The standard InChI is InChI=1S/C17H23F2N2O2/c1-17(2,23-3)14(22)10-21-15-8-7-11(9-20-15)12-5-4-6-13(18)16(12)19/h4-6,8,11,14,22H,7,9-10H2,1-3H3,(H,20,21)/t11-,14?/m1/s1. The first-order valence-corrected chi connectivity index (χ1v) is 7.63. The molecule has 1 aliphatic heterocycles. The third-order valence-electron chi connectivity index (χ3n) is 4.31. The normalized spacial score (nSPS) is 22.0. The maximum atomic E-state index is 13.8. The Labute approximate surface area is 135 Å². The molecule has 0 amide bonds. The van der Waals surface area contributed by atoms with Crippen molar-refractivity contribution in [3.05, 3.63) is 41.8 Å². The highest BCUT2D eigenvalue weighted by Crippen LogP contribution is 2.27. The summed E-state index contributed by atoms with van der Waals surface area (Å²) in [6.45, 7) is 4.26. The highest BCUT2D eigenvalue weighted by atomic mass is 19.2. The number of hydrogen-bond donors (Lipinski definition) is 2. The fourth-order valence-corrected chi connectivity index (χ4v) is 2.37. The number of aliphatic imine (C=N–C) groups is 1. The molecule has 1 aromatic rings. The first-order valence-electron chi connectivity index (χ1n) is 7.63. The third kappa shape index (κ3) is 4.26. The lowest BCUT2D eigenvalue weighted by Gasteiger charge is -2.29. The maximum Gasteiger partial charge on any atom is 0.162 e. The highest BCUT2D eigenvalue weighted by Gasteiger charge is 2.28. The molecule has 2 N–H and O–H groups in total. The van der Waals surface area contributed by atoms with Gasteiger partial charge in [-0.2, -0.15) is 0 Å². The van der Waals surface area contributed by atoms with Crippen LogP contribution in [0.3, 0.4) is 0 Å². The van der Waals surface area contributed by atoms with Gasteiger partial charge in [0.2, 0.25) is 0 Å². The SMILES string of the molecule is COC(C)(C)C(O)CN=C1[CH]C[C@@H](c2cccc(F)c2F)CN1. The number of nitrogens with one attached hydrogen (secondary N) is 1. The van der Waals surface area contributed by atoms with Crippen molar-refractivity contribution in [3.8, 4) is 0 Å².